The molecule has 242 valence electrons. The number of carboxylic acid groups (broad SMARTS) is 1. The maximum atomic E-state index is 13.5. The van der Waals surface area contributed by atoms with E-state index in [0.717, 1.165) is 16.7 Å². The molecule has 45 heavy (non-hydrogen) atoms. The molecule has 1 heterocycles. The van der Waals surface area contributed by atoms with Gasteiger partial charge in [0.2, 0.25) is 5.91 Å². The van der Waals surface area contributed by atoms with Gasteiger partial charge in [0.1, 0.15) is 11.1 Å². The van der Waals surface area contributed by atoms with Gasteiger partial charge in [0, 0.05) is 6.21 Å². The number of carbonyl (C=O) groups excluding carboxylic acids is 2. The molecule has 0 aromatic heterocycles. The average molecular weight is 618 g/mol. The summed E-state index contributed by atoms with van der Waals surface area (Å²) in [4.78, 5) is 43.1. The fraction of sp³-hybridized carbons (Fsp3) is 0.444. The van der Waals surface area contributed by atoms with Crippen LogP contribution in [0.15, 0.2) is 83.5 Å². The Hall–Kier alpha value is -4.24. The summed E-state index contributed by atoms with van der Waals surface area (Å²) in [5.41, 5.74) is 1.91. The Bertz CT molecular complexity index is 1410. The number of benzene rings is 2. The molecule has 1 aliphatic heterocycles. The van der Waals surface area contributed by atoms with Gasteiger partial charge < -0.3 is 25.2 Å². The van der Waals surface area contributed by atoms with E-state index in [2.05, 4.69) is 22.2 Å². The highest BCUT2D eigenvalue weighted by atomic mass is 16.6. The normalized spacial score (nSPS) is 16.5. The number of nitrogens with zero attached hydrogens (tertiary/aromatic N) is 1. The minimum Gasteiger partial charge on any atom is -0.481 e. The van der Waals surface area contributed by atoms with E-state index in [4.69, 9.17) is 9.47 Å². The van der Waals surface area contributed by atoms with Crippen LogP contribution < -0.4 is 10.6 Å². The summed E-state index contributed by atoms with van der Waals surface area (Å²) in [5.74, 6) is -2.36. The molecule has 0 aliphatic carbocycles. The zero-order chi connectivity index (χ0) is 33.2. The molecule has 0 bridgehead atoms. The fourth-order valence-electron chi connectivity index (χ4n) is 5.14. The van der Waals surface area contributed by atoms with Crippen LogP contribution in [0.25, 0.3) is 0 Å². The Labute approximate surface area is 266 Å². The van der Waals surface area contributed by atoms with Crippen LogP contribution >= 0.6 is 0 Å². The number of nitrogens with one attached hydrogen (secondary N) is 2. The number of amides is 2. The predicted molar refractivity (Wildman–Crippen MR) is 176 cm³/mol. The number of aliphatic imine (C=N–C) groups is 1. The topological polar surface area (TPSA) is 126 Å². The van der Waals surface area contributed by atoms with E-state index in [-0.39, 0.29) is 12.5 Å². The summed E-state index contributed by atoms with van der Waals surface area (Å²) in [5, 5.41) is 15.9. The number of hydrogen-bond donors (Lipinski definition) is 3. The fourth-order valence-corrected chi connectivity index (χ4v) is 5.14. The molecule has 0 spiro atoms. The first-order chi connectivity index (χ1) is 21.2. The smallest absolute Gasteiger partial charge is 0.408 e. The zero-order valence-corrected chi connectivity index (χ0v) is 27.3. The largest absolute Gasteiger partial charge is 0.481 e. The number of aryl methyl sites for hydroxylation is 1. The van der Waals surface area contributed by atoms with Crippen molar-refractivity contribution in [3.8, 4) is 0 Å². The Kier molecular flexibility index (Phi) is 12.3. The van der Waals surface area contributed by atoms with Crippen molar-refractivity contribution in [2.45, 2.75) is 90.5 Å². The molecule has 9 nitrogen and oxygen atoms in total. The van der Waals surface area contributed by atoms with E-state index < -0.39 is 41.1 Å². The second-order valence-corrected chi connectivity index (χ2v) is 13.0. The van der Waals surface area contributed by atoms with Crippen LogP contribution in [0.5, 0.6) is 0 Å². The highest BCUT2D eigenvalue weighted by Crippen LogP contribution is 2.35. The number of carboxylic acids is 1. The Morgan fingerprint density at radius 3 is 2.36 bits per heavy atom. The van der Waals surface area contributed by atoms with Crippen LogP contribution in [-0.4, -0.2) is 53.1 Å². The molecule has 3 unspecified atom stereocenters. The van der Waals surface area contributed by atoms with Crippen molar-refractivity contribution in [3.05, 3.63) is 95.2 Å². The summed E-state index contributed by atoms with van der Waals surface area (Å²) in [6.07, 6.45) is 4.53. The lowest BCUT2D eigenvalue weighted by Gasteiger charge is -2.30. The van der Waals surface area contributed by atoms with Gasteiger partial charge in [-0.2, -0.15) is 0 Å². The molecule has 3 N–H and O–H groups in total. The molecule has 9 heteroatoms. The minimum absolute atomic E-state index is 0.170. The Morgan fingerprint density at radius 2 is 1.71 bits per heavy atom. The van der Waals surface area contributed by atoms with E-state index >= 15 is 0 Å². The second-order valence-electron chi connectivity index (χ2n) is 13.0. The number of allylic oxidation sites excluding steroid dienone is 2. The summed E-state index contributed by atoms with van der Waals surface area (Å²) < 4.78 is 11.4. The maximum absolute atomic E-state index is 13.5. The Balaban J connectivity index is 1.81. The lowest BCUT2D eigenvalue weighted by atomic mass is 9.81. The van der Waals surface area contributed by atoms with Gasteiger partial charge in [0.25, 0.3) is 0 Å². The molecule has 0 saturated carbocycles. The zero-order valence-electron chi connectivity index (χ0n) is 27.3. The molecular formula is C36H47N3O6. The molecule has 3 atom stereocenters. The number of aliphatic carboxylic acids is 1. The van der Waals surface area contributed by atoms with E-state index in [1.54, 1.807) is 40.8 Å². The number of hydrogen-bond acceptors (Lipinski definition) is 6. The van der Waals surface area contributed by atoms with Gasteiger partial charge in [-0.3, -0.25) is 14.6 Å². The first kappa shape index (κ1) is 35.2. The van der Waals surface area contributed by atoms with Gasteiger partial charge in [0.15, 0.2) is 0 Å². The third-order valence-electron chi connectivity index (χ3n) is 7.45. The van der Waals surface area contributed by atoms with Crippen molar-refractivity contribution in [1.29, 1.82) is 0 Å². The molecule has 2 aromatic carbocycles. The molecule has 0 saturated heterocycles. The number of ether oxygens (including phenoxy) is 2. The van der Waals surface area contributed by atoms with Gasteiger partial charge >= 0.3 is 12.1 Å². The second kappa shape index (κ2) is 15.7. The van der Waals surface area contributed by atoms with Crippen molar-refractivity contribution in [3.63, 3.8) is 0 Å². The van der Waals surface area contributed by atoms with Crippen LogP contribution in [0, 0.1) is 12.8 Å². The van der Waals surface area contributed by atoms with Crippen LogP contribution in [0.2, 0.25) is 0 Å². The lowest BCUT2D eigenvalue weighted by Crippen LogP contribution is -2.58. The molecule has 1 aliphatic rings. The Morgan fingerprint density at radius 1 is 1.04 bits per heavy atom. The monoisotopic (exact) mass is 617 g/mol. The van der Waals surface area contributed by atoms with Gasteiger partial charge in [-0.15, -0.1) is 0 Å². The highest BCUT2D eigenvalue weighted by molar-refractivity contribution is 5.89. The number of carbonyl (C=O) groups is 3. The summed E-state index contributed by atoms with van der Waals surface area (Å²) in [6, 6.07) is 16.7. The quantitative estimate of drug-likeness (QED) is 0.236. The molecule has 2 aromatic rings. The van der Waals surface area contributed by atoms with Crippen LogP contribution in [-0.2, 0) is 25.7 Å². The van der Waals surface area contributed by atoms with Crippen LogP contribution in [0.3, 0.4) is 0 Å². The maximum Gasteiger partial charge on any atom is 0.408 e. The third kappa shape index (κ3) is 11.0. The van der Waals surface area contributed by atoms with Crippen molar-refractivity contribution in [2.75, 3.05) is 6.61 Å². The van der Waals surface area contributed by atoms with E-state index in [1.165, 1.54) is 0 Å². The number of alkyl carbamates (subject to hydrolysis) is 1. The standard InChI is InChI=1S/C36H47N3O6/c1-24-14-11-12-18-29(24)31(32(40)41)27-17-13-19-37-30(21-27)25(2)20-28(23-44-22-26-15-9-8-10-16-26)38-33(42)36(6,7)39-34(43)45-35(3,4)5/h8-12,14-16,18-19,21,27-28,31H,2,13,17,20,22-23H2,1,3-7H3,(H,38,42)(H,39,43)(H,40,41). The van der Waals surface area contributed by atoms with Crippen molar-refractivity contribution in [2.24, 2.45) is 10.9 Å². The summed E-state index contributed by atoms with van der Waals surface area (Å²) in [6.45, 7) is 15.2. The molecular weight excluding hydrogens is 570 g/mol. The van der Waals surface area contributed by atoms with Crippen molar-refractivity contribution >= 4 is 24.2 Å². The van der Waals surface area contributed by atoms with Gasteiger partial charge in [-0.1, -0.05) is 67.3 Å². The molecule has 0 radical (unpaired) electrons. The number of rotatable bonds is 13. The first-order valence-corrected chi connectivity index (χ1v) is 15.3. The lowest BCUT2D eigenvalue weighted by molar-refractivity contribution is -0.139. The van der Waals surface area contributed by atoms with Crippen molar-refractivity contribution in [1.82, 2.24) is 10.6 Å². The van der Waals surface area contributed by atoms with Gasteiger partial charge in [-0.05, 0) is 89.0 Å². The first-order valence-electron chi connectivity index (χ1n) is 15.3. The highest BCUT2D eigenvalue weighted by Gasteiger charge is 2.34. The van der Waals surface area contributed by atoms with Crippen LogP contribution in [0.1, 0.15) is 76.5 Å². The average Bonchev–Trinajstić information content (AvgIpc) is 3.19. The van der Waals surface area contributed by atoms with Gasteiger partial charge in [-0.25, -0.2) is 4.79 Å². The van der Waals surface area contributed by atoms with E-state index in [0.29, 0.717) is 37.1 Å². The third-order valence-corrected chi connectivity index (χ3v) is 7.45. The van der Waals surface area contributed by atoms with Crippen molar-refractivity contribution < 1.29 is 29.0 Å². The SMILES string of the molecule is C=C(CC(COCc1ccccc1)NC(=O)C(C)(C)NC(=O)OC(C)(C)C)C1=CC(C(C(=O)O)c2ccccc2C)CCC=N1. The van der Waals surface area contributed by atoms with Crippen LogP contribution in [0.4, 0.5) is 4.79 Å². The summed E-state index contributed by atoms with van der Waals surface area (Å²) in [7, 11) is 0. The predicted octanol–water partition coefficient (Wildman–Crippen LogP) is 6.48. The molecule has 2 amide bonds. The molecule has 0 fully saturated rings. The van der Waals surface area contributed by atoms with E-state index in [9.17, 15) is 19.5 Å². The van der Waals surface area contributed by atoms with Gasteiger partial charge in [0.05, 0.1) is 30.9 Å². The van der Waals surface area contributed by atoms with E-state index in [1.807, 2.05) is 67.6 Å². The minimum atomic E-state index is -1.28. The summed E-state index contributed by atoms with van der Waals surface area (Å²) >= 11 is 0. The molecule has 3 rings (SSSR count).